The van der Waals surface area contributed by atoms with Gasteiger partial charge in [-0.25, -0.2) is 0 Å². The molecule has 1 saturated carbocycles. The van der Waals surface area contributed by atoms with E-state index in [4.69, 9.17) is 0 Å². The monoisotopic (exact) mass is 394 g/mol. The summed E-state index contributed by atoms with van der Waals surface area (Å²) in [6, 6.07) is 16.2. The predicted molar refractivity (Wildman–Crippen MR) is 116 cm³/mol. The van der Waals surface area contributed by atoms with Gasteiger partial charge < -0.3 is 5.32 Å². The Morgan fingerprint density at radius 2 is 1.68 bits per heavy atom. The van der Waals surface area contributed by atoms with E-state index in [1.807, 2.05) is 41.3 Å². The quantitative estimate of drug-likeness (QED) is 0.784. The van der Waals surface area contributed by atoms with Crippen molar-refractivity contribution in [2.75, 3.05) is 16.0 Å². The maximum absolute atomic E-state index is 12.6. The van der Waals surface area contributed by atoms with Gasteiger partial charge in [0.15, 0.2) is 0 Å². The summed E-state index contributed by atoms with van der Waals surface area (Å²) >= 11 is 1.64. The van der Waals surface area contributed by atoms with Crippen LogP contribution < -0.4 is 10.2 Å². The van der Waals surface area contributed by atoms with Crippen LogP contribution in [-0.2, 0) is 15.0 Å². The highest BCUT2D eigenvalue weighted by Crippen LogP contribution is 2.42. The molecule has 1 N–H and O–H groups in total. The maximum Gasteiger partial charge on any atom is 0.238 e. The molecule has 1 aliphatic heterocycles. The van der Waals surface area contributed by atoms with Gasteiger partial charge in [0.2, 0.25) is 11.8 Å². The fourth-order valence-corrected chi connectivity index (χ4v) is 4.57. The van der Waals surface area contributed by atoms with E-state index in [1.165, 1.54) is 5.56 Å². The summed E-state index contributed by atoms with van der Waals surface area (Å²) in [4.78, 5) is 26.4. The van der Waals surface area contributed by atoms with Crippen LogP contribution in [0.25, 0.3) is 0 Å². The minimum atomic E-state index is -0.0406. The van der Waals surface area contributed by atoms with Crippen LogP contribution in [-0.4, -0.2) is 17.6 Å². The molecule has 0 unspecified atom stereocenters. The Bertz CT molecular complexity index is 880. The molecule has 0 bridgehead atoms. The van der Waals surface area contributed by atoms with Crippen LogP contribution in [0.15, 0.2) is 48.5 Å². The smallest absolute Gasteiger partial charge is 0.238 e. The molecular weight excluding hydrogens is 368 g/mol. The van der Waals surface area contributed by atoms with Crippen LogP contribution in [0, 0.1) is 5.92 Å². The second-order valence-corrected chi connectivity index (χ2v) is 9.68. The standard InChI is InChI=1S/C23H26N2O2S/c1-23(2,3)17-8-12-19(13-9-17)25-20(26)14-28-22(25)16-6-10-18(11-7-16)24-21(27)15-4-5-15/h6-13,15,22H,4-5,14H2,1-3H3,(H,24,27)/t22-/m1/s1. The number of nitrogens with one attached hydrogen (secondary N) is 1. The van der Waals surface area contributed by atoms with Crippen LogP contribution in [0.5, 0.6) is 0 Å². The average molecular weight is 395 g/mol. The Kier molecular flexibility index (Phi) is 4.96. The molecule has 4 nitrogen and oxygen atoms in total. The number of hydrogen-bond acceptors (Lipinski definition) is 3. The Morgan fingerprint density at radius 1 is 1.04 bits per heavy atom. The largest absolute Gasteiger partial charge is 0.326 e. The van der Waals surface area contributed by atoms with Crippen LogP contribution in [0.4, 0.5) is 11.4 Å². The summed E-state index contributed by atoms with van der Waals surface area (Å²) in [6.07, 6.45) is 1.99. The highest BCUT2D eigenvalue weighted by Gasteiger charge is 2.34. The molecule has 0 aromatic heterocycles. The molecule has 28 heavy (non-hydrogen) atoms. The fraction of sp³-hybridized carbons (Fsp3) is 0.391. The van der Waals surface area contributed by atoms with Crippen molar-refractivity contribution in [3.8, 4) is 0 Å². The first-order chi connectivity index (χ1) is 13.3. The van der Waals surface area contributed by atoms with Crippen molar-refractivity contribution in [1.29, 1.82) is 0 Å². The van der Waals surface area contributed by atoms with E-state index in [1.54, 1.807) is 11.8 Å². The zero-order chi connectivity index (χ0) is 19.9. The summed E-state index contributed by atoms with van der Waals surface area (Å²) in [5.41, 5.74) is 4.15. The summed E-state index contributed by atoms with van der Waals surface area (Å²) < 4.78 is 0. The first-order valence-corrected chi connectivity index (χ1v) is 10.8. The van der Waals surface area contributed by atoms with E-state index >= 15 is 0 Å². The maximum atomic E-state index is 12.6. The van der Waals surface area contributed by atoms with Gasteiger partial charge in [-0.3, -0.25) is 14.5 Å². The molecule has 2 fully saturated rings. The van der Waals surface area contributed by atoms with Crippen molar-refractivity contribution in [2.45, 2.75) is 44.4 Å². The summed E-state index contributed by atoms with van der Waals surface area (Å²) in [6.45, 7) is 6.56. The average Bonchev–Trinajstić information content (AvgIpc) is 3.44. The number of amides is 2. The third kappa shape index (κ3) is 3.95. The lowest BCUT2D eigenvalue weighted by molar-refractivity contribution is -0.117. The highest BCUT2D eigenvalue weighted by molar-refractivity contribution is 8.00. The van der Waals surface area contributed by atoms with E-state index in [-0.39, 0.29) is 28.5 Å². The van der Waals surface area contributed by atoms with E-state index < -0.39 is 0 Å². The van der Waals surface area contributed by atoms with Crippen molar-refractivity contribution >= 4 is 35.0 Å². The molecule has 1 heterocycles. The number of rotatable bonds is 4. The molecule has 2 aromatic carbocycles. The van der Waals surface area contributed by atoms with Gasteiger partial charge in [-0.05, 0) is 53.6 Å². The predicted octanol–water partition coefficient (Wildman–Crippen LogP) is 5.11. The Hall–Kier alpha value is -2.27. The molecule has 0 spiro atoms. The van der Waals surface area contributed by atoms with Gasteiger partial charge in [-0.2, -0.15) is 0 Å². The zero-order valence-electron chi connectivity index (χ0n) is 16.6. The van der Waals surface area contributed by atoms with E-state index in [0.29, 0.717) is 5.75 Å². The van der Waals surface area contributed by atoms with Gasteiger partial charge in [-0.1, -0.05) is 45.0 Å². The van der Waals surface area contributed by atoms with Crippen molar-refractivity contribution in [1.82, 2.24) is 0 Å². The van der Waals surface area contributed by atoms with Crippen molar-refractivity contribution < 1.29 is 9.59 Å². The van der Waals surface area contributed by atoms with Crippen molar-refractivity contribution in [3.63, 3.8) is 0 Å². The Labute approximate surface area is 170 Å². The van der Waals surface area contributed by atoms with E-state index in [2.05, 4.69) is 38.2 Å². The first kappa shape index (κ1) is 19.1. The zero-order valence-corrected chi connectivity index (χ0v) is 17.4. The Balaban J connectivity index is 1.53. The van der Waals surface area contributed by atoms with Crippen molar-refractivity contribution in [3.05, 3.63) is 59.7 Å². The van der Waals surface area contributed by atoms with Gasteiger partial charge in [0.1, 0.15) is 5.37 Å². The number of nitrogens with zero attached hydrogens (tertiary/aromatic N) is 1. The number of anilines is 2. The van der Waals surface area contributed by atoms with Gasteiger partial charge in [0, 0.05) is 17.3 Å². The molecule has 5 heteroatoms. The molecule has 2 aliphatic rings. The topological polar surface area (TPSA) is 49.4 Å². The lowest BCUT2D eigenvalue weighted by atomic mass is 9.87. The van der Waals surface area contributed by atoms with Crippen LogP contribution in [0.2, 0.25) is 0 Å². The van der Waals surface area contributed by atoms with E-state index in [0.717, 1.165) is 29.8 Å². The van der Waals surface area contributed by atoms with Crippen LogP contribution in [0.1, 0.15) is 50.1 Å². The lowest BCUT2D eigenvalue weighted by Gasteiger charge is -2.26. The minimum absolute atomic E-state index is 0.0406. The number of thioether (sulfide) groups is 1. The summed E-state index contributed by atoms with van der Waals surface area (Å²) in [5.74, 6) is 0.906. The molecular formula is C23H26N2O2S. The first-order valence-electron chi connectivity index (χ1n) is 9.78. The second kappa shape index (κ2) is 7.28. The summed E-state index contributed by atoms with van der Waals surface area (Å²) in [5, 5.41) is 2.93. The third-order valence-corrected chi connectivity index (χ3v) is 6.50. The highest BCUT2D eigenvalue weighted by atomic mass is 32.2. The van der Waals surface area contributed by atoms with E-state index in [9.17, 15) is 9.59 Å². The third-order valence-electron chi connectivity index (χ3n) is 5.29. The van der Waals surface area contributed by atoms with Crippen LogP contribution >= 0.6 is 11.8 Å². The molecule has 1 aliphatic carbocycles. The number of benzene rings is 2. The molecule has 1 saturated heterocycles. The molecule has 146 valence electrons. The summed E-state index contributed by atoms with van der Waals surface area (Å²) in [7, 11) is 0. The minimum Gasteiger partial charge on any atom is -0.326 e. The number of carbonyl (C=O) groups is 2. The van der Waals surface area contributed by atoms with Crippen molar-refractivity contribution in [2.24, 2.45) is 5.92 Å². The normalized spacial score (nSPS) is 19.8. The molecule has 2 aromatic rings. The molecule has 2 amide bonds. The van der Waals surface area contributed by atoms with Gasteiger partial charge in [0.25, 0.3) is 0 Å². The van der Waals surface area contributed by atoms with Gasteiger partial charge in [0.05, 0.1) is 5.75 Å². The van der Waals surface area contributed by atoms with Crippen LogP contribution in [0.3, 0.4) is 0 Å². The number of hydrogen-bond donors (Lipinski definition) is 1. The lowest BCUT2D eigenvalue weighted by Crippen LogP contribution is -2.28. The Morgan fingerprint density at radius 3 is 2.25 bits per heavy atom. The number of carbonyl (C=O) groups excluding carboxylic acids is 2. The van der Waals surface area contributed by atoms with Gasteiger partial charge in [-0.15, -0.1) is 11.8 Å². The fourth-order valence-electron chi connectivity index (χ4n) is 3.39. The SMILES string of the molecule is CC(C)(C)c1ccc(N2C(=O)CS[C@@H]2c2ccc(NC(=O)C3CC3)cc2)cc1. The molecule has 1 atom stereocenters. The second-order valence-electron chi connectivity index (χ2n) is 8.61. The van der Waals surface area contributed by atoms with Gasteiger partial charge >= 0.3 is 0 Å². The molecule has 0 radical (unpaired) electrons. The molecule has 4 rings (SSSR count).